The maximum Gasteiger partial charge on any atom is 0.330 e. The van der Waals surface area contributed by atoms with Crippen molar-refractivity contribution in [1.29, 1.82) is 0 Å². The van der Waals surface area contributed by atoms with Gasteiger partial charge in [0.05, 0.1) is 6.26 Å². The van der Waals surface area contributed by atoms with Crippen molar-refractivity contribution in [3.63, 3.8) is 0 Å². The van der Waals surface area contributed by atoms with Crippen LogP contribution in [-0.2, 0) is 19.7 Å². The van der Waals surface area contributed by atoms with E-state index in [9.17, 15) is 4.79 Å². The van der Waals surface area contributed by atoms with Gasteiger partial charge < -0.3 is 18.9 Å². The average molecular weight is 425 g/mol. The molecule has 0 heterocycles. The van der Waals surface area contributed by atoms with E-state index in [1.54, 1.807) is 0 Å². The van der Waals surface area contributed by atoms with Crippen molar-refractivity contribution < 1.29 is 23.7 Å². The second-order valence-electron chi connectivity index (χ2n) is 7.69. The highest BCUT2D eigenvalue weighted by molar-refractivity contribution is 5.81. The molecular weight excluding hydrogens is 392 g/mol. The van der Waals surface area contributed by atoms with Crippen LogP contribution in [0.3, 0.4) is 0 Å². The molecular formula is C26H32O5. The van der Waals surface area contributed by atoms with E-state index in [-0.39, 0.29) is 12.0 Å². The van der Waals surface area contributed by atoms with Crippen LogP contribution in [0.1, 0.15) is 36.1 Å². The molecule has 5 heteroatoms. The normalized spacial score (nSPS) is 10.8. The SMILES string of the molecule is C=COCCOc1ccc(C(C)(C)c2ccc(OCCOC(=O)C=C)c(C)c2)cc1C. The van der Waals surface area contributed by atoms with Crippen molar-refractivity contribution in [1.82, 2.24) is 0 Å². The summed E-state index contributed by atoms with van der Waals surface area (Å²) in [6, 6.07) is 12.4. The molecule has 0 spiro atoms. The van der Waals surface area contributed by atoms with Gasteiger partial charge in [0.15, 0.2) is 0 Å². The Bertz CT molecular complexity index is 914. The molecule has 0 aliphatic heterocycles. The Hall–Kier alpha value is -3.21. The molecule has 0 saturated heterocycles. The summed E-state index contributed by atoms with van der Waals surface area (Å²) in [7, 11) is 0. The first kappa shape index (κ1) is 24.1. The summed E-state index contributed by atoms with van der Waals surface area (Å²) < 4.78 is 21.6. The number of esters is 1. The van der Waals surface area contributed by atoms with E-state index in [1.807, 2.05) is 26.0 Å². The van der Waals surface area contributed by atoms with Crippen LogP contribution in [0.5, 0.6) is 11.5 Å². The second kappa shape index (κ2) is 11.3. The fraction of sp³-hybridized carbons (Fsp3) is 0.346. The van der Waals surface area contributed by atoms with Gasteiger partial charge in [-0.3, -0.25) is 0 Å². The van der Waals surface area contributed by atoms with E-state index in [2.05, 4.69) is 51.3 Å². The zero-order valence-corrected chi connectivity index (χ0v) is 18.9. The molecule has 0 atom stereocenters. The van der Waals surface area contributed by atoms with E-state index in [0.717, 1.165) is 28.7 Å². The summed E-state index contributed by atoms with van der Waals surface area (Å²) in [6.45, 7) is 16.8. The number of carbonyl (C=O) groups excluding carboxylic acids is 1. The van der Waals surface area contributed by atoms with Crippen LogP contribution in [0, 0.1) is 13.8 Å². The number of rotatable bonds is 12. The summed E-state index contributed by atoms with van der Waals surface area (Å²) >= 11 is 0. The number of aryl methyl sites for hydroxylation is 2. The lowest BCUT2D eigenvalue weighted by Gasteiger charge is -2.28. The third-order valence-corrected chi connectivity index (χ3v) is 5.12. The van der Waals surface area contributed by atoms with Crippen molar-refractivity contribution in [3.8, 4) is 11.5 Å². The number of benzene rings is 2. The van der Waals surface area contributed by atoms with Crippen molar-refractivity contribution >= 4 is 5.97 Å². The van der Waals surface area contributed by atoms with Gasteiger partial charge in [-0.2, -0.15) is 0 Å². The lowest BCUT2D eigenvalue weighted by Crippen LogP contribution is -2.19. The third-order valence-electron chi connectivity index (χ3n) is 5.12. The predicted molar refractivity (Wildman–Crippen MR) is 123 cm³/mol. The van der Waals surface area contributed by atoms with Gasteiger partial charge in [0.1, 0.15) is 37.9 Å². The van der Waals surface area contributed by atoms with E-state index >= 15 is 0 Å². The summed E-state index contributed by atoms with van der Waals surface area (Å²) in [6.07, 6.45) is 2.55. The number of hydrogen-bond donors (Lipinski definition) is 0. The lowest BCUT2D eigenvalue weighted by atomic mass is 9.77. The van der Waals surface area contributed by atoms with Gasteiger partial charge in [-0.1, -0.05) is 51.3 Å². The molecule has 0 fully saturated rings. The molecule has 0 unspecified atom stereocenters. The van der Waals surface area contributed by atoms with Crippen molar-refractivity contribution in [2.75, 3.05) is 26.4 Å². The van der Waals surface area contributed by atoms with Crippen molar-refractivity contribution in [2.45, 2.75) is 33.1 Å². The van der Waals surface area contributed by atoms with Gasteiger partial charge in [0.2, 0.25) is 0 Å². The van der Waals surface area contributed by atoms with Crippen LogP contribution < -0.4 is 9.47 Å². The van der Waals surface area contributed by atoms with Gasteiger partial charge in [-0.05, 0) is 48.2 Å². The monoisotopic (exact) mass is 424 g/mol. The summed E-state index contributed by atoms with van der Waals surface area (Å²) in [5.41, 5.74) is 4.29. The largest absolute Gasteiger partial charge is 0.498 e. The van der Waals surface area contributed by atoms with E-state index in [4.69, 9.17) is 18.9 Å². The molecule has 166 valence electrons. The Labute approximate surface area is 185 Å². The van der Waals surface area contributed by atoms with Crippen LogP contribution in [-0.4, -0.2) is 32.4 Å². The maximum absolute atomic E-state index is 11.1. The van der Waals surface area contributed by atoms with E-state index in [1.165, 1.54) is 17.4 Å². The zero-order valence-electron chi connectivity index (χ0n) is 18.9. The third kappa shape index (κ3) is 6.64. The highest BCUT2D eigenvalue weighted by atomic mass is 16.6. The molecule has 0 saturated carbocycles. The highest BCUT2D eigenvalue weighted by Gasteiger charge is 2.24. The fourth-order valence-electron chi connectivity index (χ4n) is 3.20. The Kier molecular flexibility index (Phi) is 8.74. The van der Waals surface area contributed by atoms with Crippen LogP contribution in [0.4, 0.5) is 0 Å². The first-order valence-electron chi connectivity index (χ1n) is 10.3. The topological polar surface area (TPSA) is 54.0 Å². The number of ether oxygens (including phenoxy) is 4. The van der Waals surface area contributed by atoms with Crippen LogP contribution in [0.2, 0.25) is 0 Å². The quantitative estimate of drug-likeness (QED) is 0.201. The Morgan fingerprint density at radius 2 is 1.39 bits per heavy atom. The zero-order chi connectivity index (χ0) is 22.9. The van der Waals surface area contributed by atoms with Crippen LogP contribution >= 0.6 is 0 Å². The molecule has 0 radical (unpaired) electrons. The van der Waals surface area contributed by atoms with Crippen LogP contribution in [0.15, 0.2) is 61.9 Å². The Balaban J connectivity index is 2.08. The first-order valence-corrected chi connectivity index (χ1v) is 10.3. The van der Waals surface area contributed by atoms with Gasteiger partial charge in [-0.15, -0.1) is 0 Å². The number of carbonyl (C=O) groups is 1. The molecule has 2 aromatic rings. The Morgan fingerprint density at radius 3 is 1.84 bits per heavy atom. The molecule has 0 N–H and O–H groups in total. The van der Waals surface area contributed by atoms with Gasteiger partial charge in [-0.25, -0.2) is 4.79 Å². The van der Waals surface area contributed by atoms with Crippen LogP contribution in [0.25, 0.3) is 0 Å². The van der Waals surface area contributed by atoms with Gasteiger partial charge in [0, 0.05) is 11.5 Å². The van der Waals surface area contributed by atoms with Crippen molar-refractivity contribution in [3.05, 3.63) is 84.1 Å². The molecule has 5 nitrogen and oxygen atoms in total. The molecule has 2 aromatic carbocycles. The minimum atomic E-state index is -0.450. The molecule has 31 heavy (non-hydrogen) atoms. The van der Waals surface area contributed by atoms with Gasteiger partial charge >= 0.3 is 5.97 Å². The lowest BCUT2D eigenvalue weighted by molar-refractivity contribution is -0.138. The smallest absolute Gasteiger partial charge is 0.330 e. The molecule has 0 aliphatic rings. The predicted octanol–water partition coefficient (Wildman–Crippen LogP) is 5.28. The minimum absolute atomic E-state index is 0.185. The molecule has 0 aliphatic carbocycles. The molecule has 2 rings (SSSR count). The second-order valence-corrected chi connectivity index (χ2v) is 7.69. The molecule has 0 amide bonds. The summed E-state index contributed by atoms with van der Waals surface area (Å²) in [5.74, 6) is 1.18. The van der Waals surface area contributed by atoms with E-state index < -0.39 is 5.97 Å². The summed E-state index contributed by atoms with van der Waals surface area (Å²) in [4.78, 5) is 11.1. The average Bonchev–Trinajstić information content (AvgIpc) is 2.75. The standard InChI is InChI=1S/C26H32O5/c1-7-25(27)31-16-15-30-24-12-10-22(18-20(24)4)26(5,6)21-9-11-23(19(3)17-21)29-14-13-28-8-2/h7-12,17-18H,1-2,13-16H2,3-6H3. The van der Waals surface area contributed by atoms with E-state index in [0.29, 0.717) is 19.8 Å². The number of hydrogen-bond acceptors (Lipinski definition) is 5. The highest BCUT2D eigenvalue weighted by Crippen LogP contribution is 2.35. The fourth-order valence-corrected chi connectivity index (χ4v) is 3.20. The Morgan fingerprint density at radius 1 is 0.871 bits per heavy atom. The maximum atomic E-state index is 11.1. The van der Waals surface area contributed by atoms with Crippen molar-refractivity contribution in [2.24, 2.45) is 0 Å². The summed E-state index contributed by atoms with van der Waals surface area (Å²) in [5, 5.41) is 0. The first-order chi connectivity index (χ1) is 14.8. The molecule has 0 bridgehead atoms. The molecule has 0 aromatic heterocycles. The minimum Gasteiger partial charge on any atom is -0.498 e. The van der Waals surface area contributed by atoms with Gasteiger partial charge in [0.25, 0.3) is 0 Å².